The second-order valence-corrected chi connectivity index (χ2v) is 12.6. The number of nitrogens with one attached hydrogen (secondary N) is 2. The van der Waals surface area contributed by atoms with Gasteiger partial charge in [-0.2, -0.15) is 0 Å². The summed E-state index contributed by atoms with van der Waals surface area (Å²) < 4.78 is 6.62. The van der Waals surface area contributed by atoms with Crippen molar-refractivity contribution in [1.29, 1.82) is 0 Å². The molecule has 2 saturated heterocycles. The van der Waals surface area contributed by atoms with E-state index in [1.807, 2.05) is 32.6 Å². The van der Waals surface area contributed by atoms with Gasteiger partial charge in [-0.15, -0.1) is 11.3 Å². The van der Waals surface area contributed by atoms with Gasteiger partial charge < -0.3 is 25.2 Å². The van der Waals surface area contributed by atoms with Crippen molar-refractivity contribution in [2.24, 2.45) is 5.41 Å². The molecule has 8 nitrogen and oxygen atoms in total. The lowest BCUT2D eigenvalue weighted by atomic mass is 9.72. The van der Waals surface area contributed by atoms with Crippen LogP contribution in [-0.4, -0.2) is 66.3 Å². The second-order valence-electron chi connectivity index (χ2n) is 11.6. The van der Waals surface area contributed by atoms with Gasteiger partial charge in [-0.05, 0) is 64.8 Å². The Morgan fingerprint density at radius 1 is 1.17 bits per heavy atom. The van der Waals surface area contributed by atoms with E-state index in [2.05, 4.69) is 39.8 Å². The number of rotatable bonds is 1. The number of pyridine rings is 1. The highest BCUT2D eigenvalue weighted by molar-refractivity contribution is 7.21. The molecule has 0 saturated carbocycles. The maximum atomic E-state index is 12.7. The molecule has 190 valence electrons. The summed E-state index contributed by atoms with van der Waals surface area (Å²) in [5.74, 6) is 0.977. The molecular formula is C27H33N5O3S. The van der Waals surface area contributed by atoms with E-state index in [0.717, 1.165) is 76.4 Å². The summed E-state index contributed by atoms with van der Waals surface area (Å²) >= 11 is 1.53. The van der Waals surface area contributed by atoms with Gasteiger partial charge in [0.2, 0.25) is 0 Å². The summed E-state index contributed by atoms with van der Waals surface area (Å²) in [7, 11) is 0. The Balaban J connectivity index is 1.19. The second kappa shape index (κ2) is 8.23. The van der Waals surface area contributed by atoms with Gasteiger partial charge in [-0.3, -0.25) is 4.79 Å². The van der Waals surface area contributed by atoms with Crippen LogP contribution < -0.4 is 15.5 Å². The standard InChI is InChI=1S/C27H33N5O3S/c1-16-13-28-22-21-17-5-8-20(30-18(17)6-7-19(21)36-23(22)24(33)29-16)31-11-9-27(10-12-31)14-32(15-27)25(34)35-26(2,3)4/h5-8,16,28H,9-15H2,1-4H3,(H,29,33)/t16-/m1/s1. The lowest BCUT2D eigenvalue weighted by Crippen LogP contribution is -2.62. The van der Waals surface area contributed by atoms with Gasteiger partial charge in [0.15, 0.2) is 0 Å². The first-order valence-corrected chi connectivity index (χ1v) is 13.6. The number of hydrogen-bond acceptors (Lipinski definition) is 7. The Labute approximate surface area is 215 Å². The molecule has 0 bridgehead atoms. The van der Waals surface area contributed by atoms with Gasteiger partial charge in [0.1, 0.15) is 16.3 Å². The zero-order chi connectivity index (χ0) is 25.2. The Kier molecular flexibility index (Phi) is 5.33. The number of ether oxygens (including phenoxy) is 1. The third-order valence-corrected chi connectivity index (χ3v) is 8.68. The summed E-state index contributed by atoms with van der Waals surface area (Å²) in [6, 6.07) is 8.49. The number of hydrogen-bond donors (Lipinski definition) is 2. The lowest BCUT2D eigenvalue weighted by molar-refractivity contribution is -0.0434. The number of anilines is 2. The lowest BCUT2D eigenvalue weighted by Gasteiger charge is -2.53. The van der Waals surface area contributed by atoms with E-state index in [4.69, 9.17) is 9.72 Å². The van der Waals surface area contributed by atoms with Gasteiger partial charge >= 0.3 is 6.09 Å². The van der Waals surface area contributed by atoms with Crippen LogP contribution in [0.2, 0.25) is 0 Å². The SMILES string of the molecule is C[C@@H]1CNc2c(sc3ccc4nc(N5CCC6(CC5)CN(C(=O)OC(C)(C)C)C6)ccc4c23)C(=O)N1. The zero-order valence-corrected chi connectivity index (χ0v) is 22.1. The van der Waals surface area contributed by atoms with Gasteiger partial charge in [0.25, 0.3) is 5.91 Å². The predicted molar refractivity (Wildman–Crippen MR) is 144 cm³/mol. The first kappa shape index (κ1) is 23.3. The molecule has 0 unspecified atom stereocenters. The molecule has 5 heterocycles. The molecule has 1 aromatic carbocycles. The molecule has 3 aliphatic rings. The molecule has 2 amide bonds. The minimum absolute atomic E-state index is 0.00935. The Morgan fingerprint density at radius 2 is 1.92 bits per heavy atom. The molecular weight excluding hydrogens is 474 g/mol. The highest BCUT2D eigenvalue weighted by atomic mass is 32.1. The molecule has 9 heteroatoms. The van der Waals surface area contributed by atoms with Crippen molar-refractivity contribution in [2.45, 2.75) is 52.2 Å². The number of likely N-dealkylation sites (tertiary alicyclic amines) is 1. The average molecular weight is 508 g/mol. The van der Waals surface area contributed by atoms with Crippen LogP contribution in [0.3, 0.4) is 0 Å². The average Bonchev–Trinajstić information content (AvgIpc) is 3.12. The first-order chi connectivity index (χ1) is 17.1. The Hall–Kier alpha value is -3.07. The third-order valence-electron chi connectivity index (χ3n) is 7.53. The van der Waals surface area contributed by atoms with E-state index >= 15 is 0 Å². The Bertz CT molecular complexity index is 1360. The molecule has 1 atom stereocenters. The van der Waals surface area contributed by atoms with Crippen molar-refractivity contribution in [3.63, 3.8) is 0 Å². The smallest absolute Gasteiger partial charge is 0.410 e. The summed E-state index contributed by atoms with van der Waals surface area (Å²) in [4.78, 5) is 35.0. The minimum Gasteiger partial charge on any atom is -0.444 e. The van der Waals surface area contributed by atoms with E-state index in [1.54, 1.807) is 0 Å². The highest BCUT2D eigenvalue weighted by Crippen LogP contribution is 2.43. The van der Waals surface area contributed by atoms with E-state index in [0.29, 0.717) is 6.54 Å². The van der Waals surface area contributed by atoms with Crippen LogP contribution in [0.25, 0.3) is 21.0 Å². The van der Waals surface area contributed by atoms with E-state index in [9.17, 15) is 9.59 Å². The predicted octanol–water partition coefficient (Wildman–Crippen LogP) is 4.83. The zero-order valence-electron chi connectivity index (χ0n) is 21.3. The molecule has 36 heavy (non-hydrogen) atoms. The number of amides is 2. The quantitative estimate of drug-likeness (QED) is 0.491. The third kappa shape index (κ3) is 4.03. The fourth-order valence-electron chi connectivity index (χ4n) is 5.64. The van der Waals surface area contributed by atoms with Crippen LogP contribution >= 0.6 is 11.3 Å². The summed E-state index contributed by atoms with van der Waals surface area (Å²) in [5, 5.41) is 8.71. The largest absolute Gasteiger partial charge is 0.444 e. The van der Waals surface area contributed by atoms with Gasteiger partial charge in [0.05, 0.1) is 11.2 Å². The van der Waals surface area contributed by atoms with Crippen molar-refractivity contribution in [3.05, 3.63) is 29.1 Å². The van der Waals surface area contributed by atoms with Gasteiger partial charge in [0, 0.05) is 59.7 Å². The van der Waals surface area contributed by atoms with Crippen LogP contribution in [0, 0.1) is 5.41 Å². The molecule has 1 spiro atoms. The highest BCUT2D eigenvalue weighted by Gasteiger charge is 2.48. The van der Waals surface area contributed by atoms with Crippen LogP contribution in [0.15, 0.2) is 24.3 Å². The van der Waals surface area contributed by atoms with Crippen molar-refractivity contribution >= 4 is 55.8 Å². The van der Waals surface area contributed by atoms with Gasteiger partial charge in [-0.25, -0.2) is 9.78 Å². The van der Waals surface area contributed by atoms with Crippen molar-refractivity contribution in [2.75, 3.05) is 42.9 Å². The first-order valence-electron chi connectivity index (χ1n) is 12.7. The molecule has 3 aliphatic heterocycles. The number of carbonyl (C=O) groups excluding carboxylic acids is 2. The number of aromatic nitrogens is 1. The minimum atomic E-state index is -0.459. The maximum Gasteiger partial charge on any atom is 0.410 e. The number of nitrogens with zero attached hydrogens (tertiary/aromatic N) is 3. The topological polar surface area (TPSA) is 86.8 Å². The van der Waals surface area contributed by atoms with E-state index in [-0.39, 0.29) is 23.5 Å². The number of carbonyl (C=O) groups is 2. The molecule has 6 rings (SSSR count). The van der Waals surface area contributed by atoms with E-state index < -0.39 is 5.60 Å². The van der Waals surface area contributed by atoms with Crippen LogP contribution in [0.4, 0.5) is 16.3 Å². The molecule has 0 radical (unpaired) electrons. The fraction of sp³-hybridized carbons (Fsp3) is 0.519. The molecule has 0 aliphatic carbocycles. The normalized spacial score (nSPS) is 21.6. The fourth-order valence-corrected chi connectivity index (χ4v) is 6.73. The Morgan fingerprint density at radius 3 is 2.64 bits per heavy atom. The molecule has 2 fully saturated rings. The van der Waals surface area contributed by atoms with Crippen LogP contribution in [-0.2, 0) is 4.74 Å². The number of fused-ring (bicyclic) bond motifs is 5. The number of benzene rings is 1. The number of piperidine rings is 1. The van der Waals surface area contributed by atoms with Crippen molar-refractivity contribution in [3.8, 4) is 0 Å². The summed E-state index contributed by atoms with van der Waals surface area (Å²) in [6.07, 6.45) is 1.88. The molecule has 2 aromatic heterocycles. The maximum absolute atomic E-state index is 12.7. The number of thiophene rings is 1. The summed E-state index contributed by atoms with van der Waals surface area (Å²) in [5.41, 5.74) is 1.61. The van der Waals surface area contributed by atoms with Crippen LogP contribution in [0.5, 0.6) is 0 Å². The molecule has 3 aromatic rings. The van der Waals surface area contributed by atoms with Crippen LogP contribution in [0.1, 0.15) is 50.2 Å². The van der Waals surface area contributed by atoms with Gasteiger partial charge in [-0.1, -0.05) is 0 Å². The monoisotopic (exact) mass is 507 g/mol. The van der Waals surface area contributed by atoms with Crippen molar-refractivity contribution in [1.82, 2.24) is 15.2 Å². The molecule has 2 N–H and O–H groups in total. The summed E-state index contributed by atoms with van der Waals surface area (Å²) in [6.45, 7) is 11.8. The van der Waals surface area contributed by atoms with E-state index in [1.165, 1.54) is 11.3 Å². The van der Waals surface area contributed by atoms with Crippen molar-refractivity contribution < 1.29 is 14.3 Å².